The van der Waals surface area contributed by atoms with E-state index in [-0.39, 0.29) is 44.7 Å². The van der Waals surface area contributed by atoms with Crippen molar-refractivity contribution in [3.63, 3.8) is 0 Å². The first-order valence-electron chi connectivity index (χ1n) is 9.02. The van der Waals surface area contributed by atoms with E-state index in [1.807, 2.05) is 0 Å². The summed E-state index contributed by atoms with van der Waals surface area (Å²) in [6, 6.07) is -1.03. The number of carbonyl (C=O) groups is 3. The fraction of sp³-hybridized carbons (Fsp3) is 0.278. The summed E-state index contributed by atoms with van der Waals surface area (Å²) in [6.07, 6.45) is 0. The molecule has 12 nitrogen and oxygen atoms in total. The molecule has 0 radical (unpaired) electrons. The highest BCUT2D eigenvalue weighted by atomic mass is 32.2. The molecule has 1 aromatic heterocycles. The number of carboxylic acids is 1. The molecule has 0 aliphatic carbocycles. The molecule has 0 saturated carbocycles. The summed E-state index contributed by atoms with van der Waals surface area (Å²) in [4.78, 5) is 70.7. The summed E-state index contributed by atoms with van der Waals surface area (Å²) in [6.45, 7) is 1.44. The molecule has 1 saturated heterocycles. The standard InChI is InChI=1S/C18H15N5O7S2/c1-5-8(13(25)12(5)24)6-3-31-16-10(15(27)23(16)11(6)17(28)29)21-14(26)9(22-30-2)7-4-32-18(19)20-7/h4,10,16H,3H2,1-2H3,(H2,19,20)(H,21,26)(H,28,29)/b22-9-. The minimum absolute atomic E-state index is 0.0364. The summed E-state index contributed by atoms with van der Waals surface area (Å²) >= 11 is 2.26. The number of carbonyl (C=O) groups excluding carboxylic acids is 2. The molecule has 0 bridgehead atoms. The van der Waals surface area contributed by atoms with E-state index in [1.54, 1.807) is 0 Å². The van der Waals surface area contributed by atoms with Crippen molar-refractivity contribution in [2.75, 3.05) is 18.6 Å². The Morgan fingerprint density at radius 2 is 2.06 bits per heavy atom. The van der Waals surface area contributed by atoms with Crippen molar-refractivity contribution in [1.82, 2.24) is 15.2 Å². The maximum Gasteiger partial charge on any atom is 0.352 e. The Morgan fingerprint density at radius 3 is 2.62 bits per heavy atom. The third kappa shape index (κ3) is 3.18. The van der Waals surface area contributed by atoms with E-state index in [2.05, 4.69) is 15.5 Å². The van der Waals surface area contributed by atoms with Crippen LogP contribution in [0.2, 0.25) is 0 Å². The highest BCUT2D eigenvalue weighted by molar-refractivity contribution is 8.00. The zero-order valence-corrected chi connectivity index (χ0v) is 18.2. The monoisotopic (exact) mass is 477 g/mol. The number of aliphatic carboxylic acids is 1. The van der Waals surface area contributed by atoms with E-state index < -0.39 is 40.1 Å². The molecule has 1 fully saturated rings. The number of thiazole rings is 1. The van der Waals surface area contributed by atoms with E-state index in [0.717, 1.165) is 16.2 Å². The van der Waals surface area contributed by atoms with Crippen LogP contribution in [0.4, 0.5) is 5.13 Å². The molecule has 2 aliphatic heterocycles. The first-order valence-corrected chi connectivity index (χ1v) is 10.9. The van der Waals surface area contributed by atoms with E-state index in [9.17, 15) is 29.1 Å². The van der Waals surface area contributed by atoms with Crippen LogP contribution in [-0.2, 0) is 19.2 Å². The minimum Gasteiger partial charge on any atom is -0.477 e. The summed E-state index contributed by atoms with van der Waals surface area (Å²) in [5.41, 5.74) is 4.09. The topological polar surface area (TPSA) is 181 Å². The van der Waals surface area contributed by atoms with Crippen LogP contribution in [0.25, 0.3) is 5.57 Å². The van der Waals surface area contributed by atoms with Crippen molar-refractivity contribution >= 4 is 57.3 Å². The SMILES string of the molecule is CO/N=C(\C(=O)NC1C(=O)N2C(C(=O)O)=C(c3c(C)c(=O)c3=O)CSC12)c1csc(N)n1. The van der Waals surface area contributed by atoms with Gasteiger partial charge >= 0.3 is 5.97 Å². The number of nitrogens with one attached hydrogen (secondary N) is 1. The summed E-state index contributed by atoms with van der Waals surface area (Å²) in [5, 5.41) is 16.9. The van der Waals surface area contributed by atoms with Crippen LogP contribution in [0, 0.1) is 6.92 Å². The number of anilines is 1. The Balaban J connectivity index is 1.60. The highest BCUT2D eigenvalue weighted by Crippen LogP contribution is 2.43. The first kappa shape index (κ1) is 21.7. The van der Waals surface area contributed by atoms with Gasteiger partial charge in [0.15, 0.2) is 10.8 Å². The third-order valence-corrected chi connectivity index (χ3v) is 7.02. The average Bonchev–Trinajstić information content (AvgIpc) is 3.20. The number of β-lactam (4-membered cyclic amide) rings is 1. The number of rotatable bonds is 6. The number of aromatic nitrogens is 1. The Bertz CT molecular complexity index is 1300. The van der Waals surface area contributed by atoms with Gasteiger partial charge in [-0.15, -0.1) is 23.1 Å². The van der Waals surface area contributed by atoms with Crippen LogP contribution in [0.1, 0.15) is 16.8 Å². The van der Waals surface area contributed by atoms with E-state index in [1.165, 1.54) is 31.2 Å². The summed E-state index contributed by atoms with van der Waals surface area (Å²) < 4.78 is 0. The predicted molar refractivity (Wildman–Crippen MR) is 116 cm³/mol. The Kier molecular flexibility index (Phi) is 5.34. The third-order valence-electron chi connectivity index (χ3n) is 5.07. The van der Waals surface area contributed by atoms with Crippen LogP contribution < -0.4 is 21.9 Å². The van der Waals surface area contributed by atoms with E-state index in [4.69, 9.17) is 10.6 Å². The molecule has 14 heteroatoms. The molecule has 3 heterocycles. The number of hydrogen-bond donors (Lipinski definition) is 3. The number of carboxylic acid groups (broad SMARTS) is 1. The fourth-order valence-electron chi connectivity index (χ4n) is 3.58. The van der Waals surface area contributed by atoms with Gasteiger partial charge in [-0.1, -0.05) is 5.16 Å². The molecule has 166 valence electrons. The molecule has 2 atom stereocenters. The molecule has 4 rings (SSSR count). The van der Waals surface area contributed by atoms with Gasteiger partial charge in [0.25, 0.3) is 11.8 Å². The highest BCUT2D eigenvalue weighted by Gasteiger charge is 2.55. The number of thioether (sulfide) groups is 1. The second-order valence-electron chi connectivity index (χ2n) is 6.84. The summed E-state index contributed by atoms with van der Waals surface area (Å²) in [7, 11) is 1.24. The first-order chi connectivity index (χ1) is 15.2. The van der Waals surface area contributed by atoms with Crippen LogP contribution in [-0.4, -0.2) is 62.8 Å². The second kappa shape index (κ2) is 7.87. The molecule has 32 heavy (non-hydrogen) atoms. The normalized spacial score (nSPS) is 20.8. The van der Waals surface area contributed by atoms with Gasteiger partial charge in [-0.25, -0.2) is 9.78 Å². The molecule has 1 aromatic carbocycles. The van der Waals surface area contributed by atoms with Gasteiger partial charge in [0.05, 0.1) is 0 Å². The number of nitrogens with zero attached hydrogens (tertiary/aromatic N) is 3. The Hall–Kier alpha value is -3.52. The lowest BCUT2D eigenvalue weighted by Crippen LogP contribution is -2.71. The smallest absolute Gasteiger partial charge is 0.352 e. The molecule has 2 amide bonds. The maximum absolute atomic E-state index is 12.8. The minimum atomic E-state index is -1.41. The van der Waals surface area contributed by atoms with Gasteiger partial charge in [0.2, 0.25) is 10.9 Å². The number of nitrogens with two attached hydrogens (primary N) is 1. The van der Waals surface area contributed by atoms with Crippen LogP contribution in [0.5, 0.6) is 0 Å². The van der Waals surface area contributed by atoms with E-state index in [0.29, 0.717) is 0 Å². The average molecular weight is 477 g/mol. The van der Waals surface area contributed by atoms with Crippen LogP contribution in [0.3, 0.4) is 0 Å². The lowest BCUT2D eigenvalue weighted by Gasteiger charge is -2.49. The Morgan fingerprint density at radius 1 is 1.34 bits per heavy atom. The zero-order valence-electron chi connectivity index (χ0n) is 16.6. The van der Waals surface area contributed by atoms with Gasteiger partial charge in [-0.3, -0.25) is 24.1 Å². The molecule has 4 N–H and O–H groups in total. The van der Waals surface area contributed by atoms with Gasteiger partial charge in [0, 0.05) is 27.8 Å². The lowest BCUT2D eigenvalue weighted by molar-refractivity contribution is -0.149. The summed E-state index contributed by atoms with van der Waals surface area (Å²) in [5.74, 6) is -2.75. The lowest BCUT2D eigenvalue weighted by atomic mass is 9.92. The molecule has 2 aromatic rings. The quantitative estimate of drug-likeness (QED) is 0.199. The second-order valence-corrected chi connectivity index (χ2v) is 8.84. The van der Waals surface area contributed by atoms with Gasteiger partial charge < -0.3 is 21.0 Å². The number of fused-ring (bicyclic) bond motifs is 1. The van der Waals surface area contributed by atoms with Crippen molar-refractivity contribution in [2.24, 2.45) is 5.16 Å². The van der Waals surface area contributed by atoms with E-state index >= 15 is 0 Å². The van der Waals surface area contributed by atoms with Crippen molar-refractivity contribution < 1.29 is 24.3 Å². The number of hydrogen-bond acceptors (Lipinski definition) is 11. The van der Waals surface area contributed by atoms with Crippen LogP contribution in [0.15, 0.2) is 25.8 Å². The van der Waals surface area contributed by atoms with Gasteiger partial charge in [-0.05, 0) is 6.92 Å². The maximum atomic E-state index is 12.8. The number of oxime groups is 1. The van der Waals surface area contributed by atoms with Crippen molar-refractivity contribution in [3.8, 4) is 0 Å². The Labute approximate surface area is 187 Å². The van der Waals surface area contributed by atoms with Crippen molar-refractivity contribution in [1.29, 1.82) is 0 Å². The van der Waals surface area contributed by atoms with Gasteiger partial charge in [0.1, 0.15) is 29.9 Å². The number of amides is 2. The van der Waals surface area contributed by atoms with Crippen molar-refractivity contribution in [3.05, 3.63) is 48.3 Å². The molecule has 2 aliphatic rings. The largest absolute Gasteiger partial charge is 0.477 e. The molecular weight excluding hydrogens is 462 g/mol. The zero-order chi connectivity index (χ0) is 23.3. The molecule has 0 spiro atoms. The fourth-order valence-corrected chi connectivity index (χ4v) is 5.48. The van der Waals surface area contributed by atoms with Gasteiger partial charge in [-0.2, -0.15) is 0 Å². The molecular formula is C18H15N5O7S2. The number of nitrogen functional groups attached to an aromatic ring is 1. The van der Waals surface area contributed by atoms with Crippen LogP contribution >= 0.6 is 23.1 Å². The van der Waals surface area contributed by atoms with Crippen molar-refractivity contribution in [2.45, 2.75) is 18.3 Å². The predicted octanol–water partition coefficient (Wildman–Crippen LogP) is -1.12. The molecule has 2 unspecified atom stereocenters.